The van der Waals surface area contributed by atoms with Crippen LogP contribution in [0.15, 0.2) is 16.7 Å². The topological polar surface area (TPSA) is 55.9 Å². The average molecular weight is 262 g/mol. The van der Waals surface area contributed by atoms with Crippen LogP contribution in [0.1, 0.15) is 44.8 Å². The van der Waals surface area contributed by atoms with Crippen LogP contribution in [0, 0.1) is 0 Å². The van der Waals surface area contributed by atoms with Gasteiger partial charge in [-0.15, -0.1) is 0 Å². The van der Waals surface area contributed by atoms with E-state index in [0.717, 1.165) is 42.4 Å². The Hall–Kier alpha value is -1.62. The van der Waals surface area contributed by atoms with Crippen molar-refractivity contribution >= 4 is 0 Å². The van der Waals surface area contributed by atoms with E-state index in [4.69, 9.17) is 4.42 Å². The highest BCUT2D eigenvalue weighted by atomic mass is 16.4. The number of rotatable bonds is 6. The molecule has 0 radical (unpaired) electrons. The maximum Gasteiger partial charge on any atom is 0.211 e. The molecule has 0 spiro atoms. The summed E-state index contributed by atoms with van der Waals surface area (Å²) in [6.07, 6.45) is 3.79. The molecule has 1 unspecified atom stereocenters. The maximum absolute atomic E-state index is 5.83. The molecule has 2 aromatic rings. The van der Waals surface area contributed by atoms with Crippen molar-refractivity contribution in [2.75, 3.05) is 6.54 Å². The van der Waals surface area contributed by atoms with Gasteiger partial charge in [-0.25, -0.2) is 4.98 Å². The average Bonchev–Trinajstić information content (AvgIpc) is 3.02. The molecular weight excluding hydrogens is 240 g/mol. The second-order valence-corrected chi connectivity index (χ2v) is 4.74. The molecule has 2 rings (SSSR count). The summed E-state index contributed by atoms with van der Waals surface area (Å²) in [6.45, 7) is 7.26. The summed E-state index contributed by atoms with van der Waals surface area (Å²) in [5, 5.41) is 7.79. The first kappa shape index (κ1) is 13.8. The second kappa shape index (κ2) is 6.02. The van der Waals surface area contributed by atoms with Gasteiger partial charge >= 0.3 is 0 Å². The normalized spacial score (nSPS) is 12.8. The van der Waals surface area contributed by atoms with E-state index in [9.17, 15) is 0 Å². The predicted molar refractivity (Wildman–Crippen MR) is 74.8 cm³/mol. The monoisotopic (exact) mass is 262 g/mol. The molecule has 0 amide bonds. The lowest BCUT2D eigenvalue weighted by Gasteiger charge is -2.08. The van der Waals surface area contributed by atoms with Gasteiger partial charge in [-0.3, -0.25) is 4.68 Å². The minimum atomic E-state index is 0.132. The van der Waals surface area contributed by atoms with Crippen molar-refractivity contribution in [2.45, 2.75) is 39.7 Å². The summed E-state index contributed by atoms with van der Waals surface area (Å²) in [5.41, 5.74) is 2.03. The Labute approximate surface area is 114 Å². The van der Waals surface area contributed by atoms with E-state index in [1.54, 1.807) is 6.20 Å². The van der Waals surface area contributed by atoms with Crippen LogP contribution in [0.5, 0.6) is 0 Å². The van der Waals surface area contributed by atoms with Crippen LogP contribution in [-0.4, -0.2) is 21.3 Å². The number of oxazole rings is 1. The quantitative estimate of drug-likeness (QED) is 0.869. The van der Waals surface area contributed by atoms with Gasteiger partial charge < -0.3 is 9.73 Å². The summed E-state index contributed by atoms with van der Waals surface area (Å²) in [4.78, 5) is 4.35. The van der Waals surface area contributed by atoms with Crippen molar-refractivity contribution in [3.05, 3.63) is 23.8 Å². The first-order valence-electron chi connectivity index (χ1n) is 6.88. The Kier molecular flexibility index (Phi) is 4.37. The molecule has 2 aromatic heterocycles. The molecule has 1 atom stereocenters. The Balaban J connectivity index is 2.18. The van der Waals surface area contributed by atoms with Crippen LogP contribution >= 0.6 is 0 Å². The van der Waals surface area contributed by atoms with Gasteiger partial charge in [0.05, 0.1) is 17.9 Å². The molecule has 0 saturated carbocycles. The Bertz CT molecular complexity index is 529. The Morgan fingerprint density at radius 2 is 2.21 bits per heavy atom. The van der Waals surface area contributed by atoms with Crippen molar-refractivity contribution in [1.29, 1.82) is 0 Å². The number of hydrogen-bond donors (Lipinski definition) is 1. The number of aryl methyl sites for hydroxylation is 2. The van der Waals surface area contributed by atoms with Crippen molar-refractivity contribution < 1.29 is 4.42 Å². The molecule has 0 bridgehead atoms. The van der Waals surface area contributed by atoms with Crippen LogP contribution in [0.4, 0.5) is 0 Å². The van der Waals surface area contributed by atoms with Gasteiger partial charge in [0.25, 0.3) is 0 Å². The maximum atomic E-state index is 5.83. The Morgan fingerprint density at radius 3 is 2.84 bits per heavy atom. The summed E-state index contributed by atoms with van der Waals surface area (Å²) in [5.74, 6) is 1.50. The summed E-state index contributed by atoms with van der Waals surface area (Å²) >= 11 is 0. The molecule has 0 aliphatic carbocycles. The van der Waals surface area contributed by atoms with E-state index in [1.165, 1.54) is 0 Å². The number of hydrogen-bond acceptors (Lipinski definition) is 4. The predicted octanol–water partition coefficient (Wildman–Crippen LogP) is 2.70. The lowest BCUT2D eigenvalue weighted by Crippen LogP contribution is -2.19. The van der Waals surface area contributed by atoms with Gasteiger partial charge in [-0.2, -0.15) is 5.10 Å². The minimum absolute atomic E-state index is 0.132. The number of nitrogens with zero attached hydrogens (tertiary/aromatic N) is 3. The zero-order valence-corrected chi connectivity index (χ0v) is 12.1. The van der Waals surface area contributed by atoms with E-state index >= 15 is 0 Å². The first-order valence-corrected chi connectivity index (χ1v) is 6.88. The molecule has 104 valence electrons. The molecule has 0 aliphatic heterocycles. The van der Waals surface area contributed by atoms with Crippen molar-refractivity contribution in [1.82, 2.24) is 20.1 Å². The van der Waals surface area contributed by atoms with Gasteiger partial charge in [0.1, 0.15) is 5.69 Å². The van der Waals surface area contributed by atoms with E-state index in [2.05, 4.69) is 42.2 Å². The molecule has 0 aliphatic rings. The fourth-order valence-electron chi connectivity index (χ4n) is 1.98. The molecule has 0 aromatic carbocycles. The van der Waals surface area contributed by atoms with Crippen LogP contribution in [0.25, 0.3) is 11.5 Å². The van der Waals surface area contributed by atoms with Gasteiger partial charge in [-0.05, 0) is 32.4 Å². The second-order valence-electron chi connectivity index (χ2n) is 4.74. The highest BCUT2D eigenvalue weighted by molar-refractivity contribution is 5.52. The van der Waals surface area contributed by atoms with Gasteiger partial charge in [0.15, 0.2) is 5.76 Å². The fourth-order valence-corrected chi connectivity index (χ4v) is 1.98. The van der Waals surface area contributed by atoms with Crippen molar-refractivity contribution in [2.24, 2.45) is 7.05 Å². The molecule has 0 fully saturated rings. The SMILES string of the molecule is CCCNC(C)c1ncc(-c2cc(CC)nn2C)o1. The molecule has 5 nitrogen and oxygen atoms in total. The van der Waals surface area contributed by atoms with Gasteiger partial charge in [-0.1, -0.05) is 13.8 Å². The standard InChI is InChI=1S/C14H22N4O/c1-5-7-15-10(3)14-16-9-13(19-14)12-8-11(6-2)17-18(12)4/h8-10,15H,5-7H2,1-4H3. The lowest BCUT2D eigenvalue weighted by atomic mass is 10.3. The lowest BCUT2D eigenvalue weighted by molar-refractivity contribution is 0.421. The fraction of sp³-hybridized carbons (Fsp3) is 0.571. The third kappa shape index (κ3) is 3.04. The molecule has 2 heterocycles. The zero-order chi connectivity index (χ0) is 13.8. The third-order valence-electron chi connectivity index (χ3n) is 3.14. The minimum Gasteiger partial charge on any atom is -0.437 e. The van der Waals surface area contributed by atoms with Crippen LogP contribution < -0.4 is 5.32 Å². The van der Waals surface area contributed by atoms with Crippen molar-refractivity contribution in [3.8, 4) is 11.5 Å². The number of nitrogens with one attached hydrogen (secondary N) is 1. The summed E-state index contributed by atoms with van der Waals surface area (Å²) < 4.78 is 7.67. The van der Waals surface area contributed by atoms with E-state index in [1.807, 2.05) is 11.7 Å². The molecule has 1 N–H and O–H groups in total. The molecular formula is C14H22N4O. The van der Waals surface area contributed by atoms with Gasteiger partial charge in [0, 0.05) is 7.05 Å². The highest BCUT2D eigenvalue weighted by Crippen LogP contribution is 2.23. The summed E-state index contributed by atoms with van der Waals surface area (Å²) in [6, 6.07) is 2.18. The first-order chi connectivity index (χ1) is 9.15. The smallest absolute Gasteiger partial charge is 0.211 e. The molecule has 19 heavy (non-hydrogen) atoms. The largest absolute Gasteiger partial charge is 0.437 e. The van der Waals surface area contributed by atoms with Gasteiger partial charge in [0.2, 0.25) is 5.89 Å². The molecule has 5 heteroatoms. The van der Waals surface area contributed by atoms with Crippen LogP contribution in [0.3, 0.4) is 0 Å². The highest BCUT2D eigenvalue weighted by Gasteiger charge is 2.15. The Morgan fingerprint density at radius 1 is 1.42 bits per heavy atom. The van der Waals surface area contributed by atoms with E-state index < -0.39 is 0 Å². The zero-order valence-electron chi connectivity index (χ0n) is 12.1. The summed E-state index contributed by atoms with van der Waals surface area (Å²) in [7, 11) is 1.93. The van der Waals surface area contributed by atoms with Crippen molar-refractivity contribution in [3.63, 3.8) is 0 Å². The third-order valence-corrected chi connectivity index (χ3v) is 3.14. The number of aromatic nitrogens is 3. The van der Waals surface area contributed by atoms with E-state index in [0.29, 0.717) is 0 Å². The van der Waals surface area contributed by atoms with Crippen LogP contribution in [-0.2, 0) is 13.5 Å². The van der Waals surface area contributed by atoms with Crippen LogP contribution in [0.2, 0.25) is 0 Å². The molecule has 0 saturated heterocycles. The van der Waals surface area contributed by atoms with E-state index in [-0.39, 0.29) is 6.04 Å².